The lowest BCUT2D eigenvalue weighted by Gasteiger charge is -2.27. The van der Waals surface area contributed by atoms with Crippen LogP contribution in [-0.2, 0) is 6.54 Å². The fraction of sp³-hybridized carbons (Fsp3) is 0.786. The quantitative estimate of drug-likeness (QED) is 0.857. The Morgan fingerprint density at radius 2 is 1.83 bits per heavy atom. The molecule has 0 aromatic carbocycles. The summed E-state index contributed by atoms with van der Waals surface area (Å²) in [6.45, 7) is 12.1. The van der Waals surface area contributed by atoms with E-state index in [9.17, 15) is 0 Å². The first-order valence-electron chi connectivity index (χ1n) is 6.75. The van der Waals surface area contributed by atoms with Crippen LogP contribution in [0, 0.1) is 5.92 Å². The predicted octanol–water partition coefficient (Wildman–Crippen LogP) is 3.47. The Labute approximate surface area is 116 Å². The van der Waals surface area contributed by atoms with Gasteiger partial charge in [-0.15, -0.1) is 11.3 Å². The van der Waals surface area contributed by atoms with Gasteiger partial charge in [-0.1, -0.05) is 27.7 Å². The predicted molar refractivity (Wildman–Crippen MR) is 81.7 cm³/mol. The van der Waals surface area contributed by atoms with Crippen molar-refractivity contribution >= 4 is 16.5 Å². The molecule has 1 atom stereocenters. The first-order chi connectivity index (χ1) is 8.38. The molecule has 18 heavy (non-hydrogen) atoms. The summed E-state index contributed by atoms with van der Waals surface area (Å²) in [5, 5.41) is 4.38. The summed E-state index contributed by atoms with van der Waals surface area (Å²) in [7, 11) is 4.14. The lowest BCUT2D eigenvalue weighted by atomic mass is 10.1. The van der Waals surface area contributed by atoms with E-state index >= 15 is 0 Å². The van der Waals surface area contributed by atoms with Crippen molar-refractivity contribution in [3.63, 3.8) is 0 Å². The van der Waals surface area contributed by atoms with Crippen LogP contribution in [0.1, 0.15) is 51.1 Å². The van der Waals surface area contributed by atoms with Gasteiger partial charge in [0.05, 0.1) is 5.69 Å². The first kappa shape index (κ1) is 15.4. The molecule has 1 unspecified atom stereocenters. The second kappa shape index (κ2) is 6.53. The Morgan fingerprint density at radius 3 is 2.28 bits per heavy atom. The third-order valence-corrected chi connectivity index (χ3v) is 4.64. The Morgan fingerprint density at radius 1 is 1.22 bits per heavy atom. The summed E-state index contributed by atoms with van der Waals surface area (Å²) in [5.74, 6) is 1.12. The monoisotopic (exact) mass is 269 g/mol. The van der Waals surface area contributed by atoms with Gasteiger partial charge >= 0.3 is 0 Å². The number of nitrogens with one attached hydrogen (secondary N) is 1. The Hall–Kier alpha value is -0.610. The Bertz CT molecular complexity index is 371. The van der Waals surface area contributed by atoms with Gasteiger partial charge in [0.25, 0.3) is 0 Å². The SMILES string of the molecule is CNCc1sc(N(C)C(C)C(C)C)nc1C(C)C. The first-order valence-corrected chi connectivity index (χ1v) is 7.57. The van der Waals surface area contributed by atoms with Crippen LogP contribution >= 0.6 is 11.3 Å². The van der Waals surface area contributed by atoms with Gasteiger partial charge in [0.15, 0.2) is 5.13 Å². The molecule has 0 aliphatic rings. The standard InChI is InChI=1S/C14H27N3S/c1-9(2)11(5)17(7)14-16-13(10(3)4)12(18-14)8-15-6/h9-11,15H,8H2,1-7H3. The second-order valence-corrected chi connectivity index (χ2v) is 6.65. The van der Waals surface area contributed by atoms with Gasteiger partial charge in [0, 0.05) is 24.5 Å². The van der Waals surface area contributed by atoms with Crippen molar-refractivity contribution < 1.29 is 0 Å². The number of anilines is 1. The molecule has 1 N–H and O–H groups in total. The topological polar surface area (TPSA) is 28.2 Å². The summed E-state index contributed by atoms with van der Waals surface area (Å²) in [6.07, 6.45) is 0. The van der Waals surface area contributed by atoms with Crippen molar-refractivity contribution in [2.24, 2.45) is 5.92 Å². The van der Waals surface area contributed by atoms with Crippen molar-refractivity contribution in [3.8, 4) is 0 Å². The van der Waals surface area contributed by atoms with E-state index in [1.54, 1.807) is 0 Å². The van der Waals surface area contributed by atoms with Crippen molar-refractivity contribution in [2.75, 3.05) is 19.0 Å². The molecular formula is C14H27N3S. The van der Waals surface area contributed by atoms with Gasteiger partial charge in [-0.3, -0.25) is 0 Å². The van der Waals surface area contributed by atoms with E-state index in [0.29, 0.717) is 17.9 Å². The lowest BCUT2D eigenvalue weighted by molar-refractivity contribution is 0.504. The summed E-state index contributed by atoms with van der Waals surface area (Å²) >= 11 is 1.82. The van der Waals surface area contributed by atoms with Gasteiger partial charge in [0.1, 0.15) is 0 Å². The van der Waals surface area contributed by atoms with Crippen molar-refractivity contribution in [1.29, 1.82) is 0 Å². The highest BCUT2D eigenvalue weighted by Crippen LogP contribution is 2.31. The van der Waals surface area contributed by atoms with E-state index in [-0.39, 0.29) is 0 Å². The van der Waals surface area contributed by atoms with Gasteiger partial charge in [-0.25, -0.2) is 4.98 Å². The van der Waals surface area contributed by atoms with Gasteiger partial charge in [-0.05, 0) is 25.8 Å². The normalized spacial score (nSPS) is 13.4. The molecule has 0 aliphatic heterocycles. The van der Waals surface area contributed by atoms with E-state index in [0.717, 1.165) is 11.7 Å². The minimum atomic E-state index is 0.487. The van der Waals surface area contributed by atoms with E-state index in [4.69, 9.17) is 4.98 Å². The Kier molecular flexibility index (Phi) is 5.60. The molecule has 1 heterocycles. The molecule has 0 saturated carbocycles. The molecule has 0 fully saturated rings. The van der Waals surface area contributed by atoms with E-state index in [1.165, 1.54) is 10.6 Å². The molecule has 1 rings (SSSR count). The molecular weight excluding hydrogens is 242 g/mol. The van der Waals surface area contributed by atoms with Crippen LogP contribution in [0.3, 0.4) is 0 Å². The molecule has 0 spiro atoms. The highest BCUT2D eigenvalue weighted by molar-refractivity contribution is 7.15. The largest absolute Gasteiger partial charge is 0.348 e. The van der Waals surface area contributed by atoms with E-state index < -0.39 is 0 Å². The average Bonchev–Trinajstić information content (AvgIpc) is 2.71. The lowest BCUT2D eigenvalue weighted by Crippen LogP contribution is -2.33. The zero-order valence-corrected chi connectivity index (χ0v) is 13.6. The van der Waals surface area contributed by atoms with Gasteiger partial charge in [-0.2, -0.15) is 0 Å². The zero-order chi connectivity index (χ0) is 13.9. The number of nitrogens with zero attached hydrogens (tertiary/aromatic N) is 2. The average molecular weight is 269 g/mol. The molecule has 0 radical (unpaired) electrons. The fourth-order valence-corrected chi connectivity index (χ4v) is 3.14. The number of rotatable bonds is 6. The van der Waals surface area contributed by atoms with Gasteiger partial charge in [0.2, 0.25) is 0 Å². The molecule has 4 heteroatoms. The minimum absolute atomic E-state index is 0.487. The fourth-order valence-electron chi connectivity index (χ4n) is 1.86. The maximum Gasteiger partial charge on any atom is 0.185 e. The molecule has 3 nitrogen and oxygen atoms in total. The van der Waals surface area contributed by atoms with E-state index in [2.05, 4.69) is 51.9 Å². The summed E-state index contributed by atoms with van der Waals surface area (Å²) in [5.41, 5.74) is 1.24. The van der Waals surface area contributed by atoms with Crippen molar-refractivity contribution in [3.05, 3.63) is 10.6 Å². The number of aromatic nitrogens is 1. The molecule has 0 saturated heterocycles. The summed E-state index contributed by atoms with van der Waals surface area (Å²) < 4.78 is 0. The second-order valence-electron chi connectivity index (χ2n) is 5.59. The molecule has 1 aromatic heterocycles. The van der Waals surface area contributed by atoms with Gasteiger partial charge < -0.3 is 10.2 Å². The highest BCUT2D eigenvalue weighted by Gasteiger charge is 2.20. The number of thiazole rings is 1. The molecule has 1 aromatic rings. The van der Waals surface area contributed by atoms with Crippen molar-refractivity contribution in [2.45, 2.75) is 53.1 Å². The van der Waals surface area contributed by atoms with Crippen LogP contribution in [0.15, 0.2) is 0 Å². The maximum absolute atomic E-state index is 4.84. The molecule has 0 bridgehead atoms. The maximum atomic E-state index is 4.84. The van der Waals surface area contributed by atoms with Crippen LogP contribution in [0.4, 0.5) is 5.13 Å². The smallest absolute Gasteiger partial charge is 0.185 e. The minimum Gasteiger partial charge on any atom is -0.348 e. The number of hydrogen-bond acceptors (Lipinski definition) is 4. The zero-order valence-electron chi connectivity index (χ0n) is 12.7. The summed E-state index contributed by atoms with van der Waals surface area (Å²) in [4.78, 5) is 8.51. The third-order valence-electron chi connectivity index (χ3n) is 3.48. The third kappa shape index (κ3) is 3.45. The van der Waals surface area contributed by atoms with Crippen LogP contribution < -0.4 is 10.2 Å². The van der Waals surface area contributed by atoms with Crippen LogP contribution in [0.25, 0.3) is 0 Å². The van der Waals surface area contributed by atoms with Crippen LogP contribution in [0.2, 0.25) is 0 Å². The Balaban J connectivity index is 3.00. The molecule has 0 aliphatic carbocycles. The molecule has 104 valence electrons. The molecule has 0 amide bonds. The van der Waals surface area contributed by atoms with E-state index in [1.807, 2.05) is 18.4 Å². The van der Waals surface area contributed by atoms with Crippen LogP contribution in [-0.4, -0.2) is 25.1 Å². The highest BCUT2D eigenvalue weighted by atomic mass is 32.1. The van der Waals surface area contributed by atoms with Crippen molar-refractivity contribution in [1.82, 2.24) is 10.3 Å². The number of hydrogen-bond donors (Lipinski definition) is 1. The van der Waals surface area contributed by atoms with Crippen LogP contribution in [0.5, 0.6) is 0 Å². The summed E-state index contributed by atoms with van der Waals surface area (Å²) in [6, 6.07) is 0.513.